The number of rotatable bonds is 6. The van der Waals surface area contributed by atoms with Gasteiger partial charge < -0.3 is 19.3 Å². The van der Waals surface area contributed by atoms with E-state index in [2.05, 4.69) is 30.3 Å². The molecule has 38 heavy (non-hydrogen) atoms. The first kappa shape index (κ1) is 24.2. The van der Waals surface area contributed by atoms with Gasteiger partial charge in [0.2, 0.25) is 0 Å². The molecule has 5 nitrogen and oxygen atoms in total. The maximum absolute atomic E-state index is 11.4. The summed E-state index contributed by atoms with van der Waals surface area (Å²) in [7, 11) is 0. The lowest BCUT2D eigenvalue weighted by Gasteiger charge is -2.57. The largest absolute Gasteiger partial charge is 0.490 e. The molecular weight excluding hydrogens is 476 g/mol. The van der Waals surface area contributed by atoms with Crippen molar-refractivity contribution in [2.45, 2.75) is 69.7 Å². The van der Waals surface area contributed by atoms with Crippen molar-refractivity contribution in [3.8, 4) is 16.9 Å². The van der Waals surface area contributed by atoms with Gasteiger partial charge in [-0.3, -0.25) is 0 Å². The monoisotopic (exact) mass is 512 g/mol. The van der Waals surface area contributed by atoms with Crippen LogP contribution in [0.4, 0.5) is 0 Å². The summed E-state index contributed by atoms with van der Waals surface area (Å²) >= 11 is 0. The molecule has 1 heterocycles. The molecular formula is C33H36O5. The summed E-state index contributed by atoms with van der Waals surface area (Å²) in [5, 5.41) is 11.3. The summed E-state index contributed by atoms with van der Waals surface area (Å²) in [6.07, 6.45) is 7.95. The van der Waals surface area contributed by atoms with Crippen molar-refractivity contribution in [3.05, 3.63) is 65.7 Å². The molecule has 0 unspecified atom stereocenters. The average Bonchev–Trinajstić information content (AvgIpc) is 3.24. The van der Waals surface area contributed by atoms with Crippen LogP contribution in [0, 0.1) is 17.8 Å². The molecule has 1 atom stereocenters. The Hall–Kier alpha value is -2.89. The van der Waals surface area contributed by atoms with Crippen molar-refractivity contribution in [1.82, 2.24) is 0 Å². The highest BCUT2D eigenvalue weighted by molar-refractivity contribution is 5.95. The standard InChI is InChI=1S/C33H36O5/c1-32(2)37-19-28(38-32)18-36-30-8-7-26(24-3-4-25-13-27(31(34)35)6-5-23(25)12-24)14-29(30)33-15-20-9-21(16-33)11-22(10-20)17-33/h3-8,12-14,20-22,28H,9-11,15-19H2,1-2H3,(H,34,35)/t20?,21?,22?,28-,33?/m1/s1. The maximum atomic E-state index is 11.4. The van der Waals surface area contributed by atoms with Crippen LogP contribution in [-0.4, -0.2) is 36.2 Å². The van der Waals surface area contributed by atoms with Crippen molar-refractivity contribution in [1.29, 1.82) is 0 Å². The van der Waals surface area contributed by atoms with Crippen molar-refractivity contribution < 1.29 is 24.1 Å². The summed E-state index contributed by atoms with van der Waals surface area (Å²) < 4.78 is 18.3. The molecule has 4 bridgehead atoms. The van der Waals surface area contributed by atoms with E-state index >= 15 is 0 Å². The van der Waals surface area contributed by atoms with Gasteiger partial charge in [-0.15, -0.1) is 0 Å². The fourth-order valence-electron chi connectivity index (χ4n) is 8.28. The Morgan fingerprint density at radius 1 is 0.895 bits per heavy atom. The molecule has 4 saturated carbocycles. The van der Waals surface area contributed by atoms with Crippen LogP contribution < -0.4 is 4.74 Å². The van der Waals surface area contributed by atoms with Gasteiger partial charge in [0.15, 0.2) is 5.79 Å². The van der Waals surface area contributed by atoms with Crippen molar-refractivity contribution in [3.63, 3.8) is 0 Å². The van der Waals surface area contributed by atoms with Gasteiger partial charge in [-0.2, -0.15) is 0 Å². The van der Waals surface area contributed by atoms with Gasteiger partial charge in [0.05, 0.1) is 12.2 Å². The van der Waals surface area contributed by atoms with E-state index in [0.29, 0.717) is 18.8 Å². The lowest BCUT2D eigenvalue weighted by Crippen LogP contribution is -2.48. The number of carboxylic acid groups (broad SMARTS) is 1. The highest BCUT2D eigenvalue weighted by Gasteiger charge is 2.52. The van der Waals surface area contributed by atoms with Crippen LogP contribution in [0.2, 0.25) is 0 Å². The molecule has 1 N–H and O–H groups in total. The zero-order valence-corrected chi connectivity index (χ0v) is 22.2. The van der Waals surface area contributed by atoms with Gasteiger partial charge >= 0.3 is 5.97 Å². The number of carboxylic acids is 1. The lowest BCUT2D eigenvalue weighted by atomic mass is 9.48. The summed E-state index contributed by atoms with van der Waals surface area (Å²) in [5.74, 6) is 2.07. The maximum Gasteiger partial charge on any atom is 0.335 e. The number of aromatic carboxylic acids is 1. The molecule has 0 spiro atoms. The van der Waals surface area contributed by atoms with E-state index in [-0.39, 0.29) is 11.5 Å². The van der Waals surface area contributed by atoms with E-state index in [9.17, 15) is 9.90 Å². The first-order valence-corrected chi connectivity index (χ1v) is 14.1. The Morgan fingerprint density at radius 2 is 1.53 bits per heavy atom. The van der Waals surface area contributed by atoms with Crippen LogP contribution in [-0.2, 0) is 14.9 Å². The second-order valence-electron chi connectivity index (χ2n) is 12.8. The lowest BCUT2D eigenvalue weighted by molar-refractivity contribution is -0.141. The summed E-state index contributed by atoms with van der Waals surface area (Å²) in [6.45, 7) is 4.95. The van der Waals surface area contributed by atoms with Crippen LogP contribution >= 0.6 is 0 Å². The van der Waals surface area contributed by atoms with Crippen molar-refractivity contribution in [2.75, 3.05) is 13.2 Å². The Balaban J connectivity index is 1.25. The van der Waals surface area contributed by atoms with Gasteiger partial charge in [-0.1, -0.05) is 24.3 Å². The van der Waals surface area contributed by atoms with E-state index in [0.717, 1.165) is 39.8 Å². The number of fused-ring (bicyclic) bond motifs is 1. The van der Waals surface area contributed by atoms with Gasteiger partial charge in [-0.25, -0.2) is 4.79 Å². The molecule has 1 saturated heterocycles. The fraction of sp³-hybridized carbons (Fsp3) is 0.485. The second-order valence-corrected chi connectivity index (χ2v) is 12.8. The Labute approximate surface area is 224 Å². The van der Waals surface area contributed by atoms with E-state index in [1.165, 1.54) is 49.7 Å². The third kappa shape index (κ3) is 4.30. The van der Waals surface area contributed by atoms with E-state index in [1.807, 2.05) is 26.0 Å². The predicted molar refractivity (Wildman–Crippen MR) is 147 cm³/mol. The number of hydrogen-bond acceptors (Lipinski definition) is 4. The molecule has 5 heteroatoms. The number of carbonyl (C=O) groups is 1. The summed E-state index contributed by atoms with van der Waals surface area (Å²) in [6, 6.07) is 18.4. The topological polar surface area (TPSA) is 65.0 Å². The van der Waals surface area contributed by atoms with Crippen LogP contribution in [0.25, 0.3) is 21.9 Å². The predicted octanol–water partition coefficient (Wildman–Crippen LogP) is 7.20. The third-order valence-corrected chi connectivity index (χ3v) is 9.50. The first-order valence-electron chi connectivity index (χ1n) is 14.1. The van der Waals surface area contributed by atoms with Gasteiger partial charge in [-0.05, 0) is 128 Å². The van der Waals surface area contributed by atoms with Crippen LogP contribution in [0.3, 0.4) is 0 Å². The van der Waals surface area contributed by atoms with Crippen molar-refractivity contribution >= 4 is 16.7 Å². The number of hydrogen-bond donors (Lipinski definition) is 1. The quantitative estimate of drug-likeness (QED) is 0.378. The zero-order chi connectivity index (χ0) is 26.1. The highest BCUT2D eigenvalue weighted by atomic mass is 16.7. The van der Waals surface area contributed by atoms with Crippen molar-refractivity contribution in [2.24, 2.45) is 17.8 Å². The molecule has 8 rings (SSSR count). The molecule has 5 fully saturated rings. The summed E-state index contributed by atoms with van der Waals surface area (Å²) in [4.78, 5) is 11.4. The number of benzene rings is 3. The third-order valence-electron chi connectivity index (χ3n) is 9.50. The molecule has 198 valence electrons. The Kier molecular flexibility index (Phi) is 5.61. The molecule has 4 aliphatic carbocycles. The molecule has 3 aromatic carbocycles. The van der Waals surface area contributed by atoms with Crippen LogP contribution in [0.1, 0.15) is 68.3 Å². The molecule has 0 radical (unpaired) electrons. The SMILES string of the molecule is CC1(C)OC[C@@H](COc2ccc(-c3ccc4cc(C(=O)O)ccc4c3)cc2C23CC4CC(CC(C4)C2)C3)O1. The van der Waals surface area contributed by atoms with E-state index < -0.39 is 11.8 Å². The van der Waals surface area contributed by atoms with Crippen LogP contribution in [0.15, 0.2) is 54.6 Å². The minimum Gasteiger partial charge on any atom is -0.490 e. The molecule has 0 aromatic heterocycles. The number of ether oxygens (including phenoxy) is 3. The second kappa shape index (κ2) is 8.82. The normalized spacial score (nSPS) is 31.1. The fourth-order valence-corrected chi connectivity index (χ4v) is 8.28. The van der Waals surface area contributed by atoms with Gasteiger partial charge in [0.1, 0.15) is 18.5 Å². The molecule has 0 amide bonds. The van der Waals surface area contributed by atoms with E-state index in [4.69, 9.17) is 14.2 Å². The zero-order valence-electron chi connectivity index (χ0n) is 22.2. The minimum absolute atomic E-state index is 0.0647. The van der Waals surface area contributed by atoms with Gasteiger partial charge in [0.25, 0.3) is 0 Å². The highest BCUT2D eigenvalue weighted by Crippen LogP contribution is 2.62. The van der Waals surface area contributed by atoms with Crippen LogP contribution in [0.5, 0.6) is 5.75 Å². The van der Waals surface area contributed by atoms with E-state index in [1.54, 1.807) is 12.1 Å². The van der Waals surface area contributed by atoms with Gasteiger partial charge in [0, 0.05) is 5.56 Å². The average molecular weight is 513 g/mol. The Morgan fingerprint density at radius 3 is 2.18 bits per heavy atom. The summed E-state index contributed by atoms with van der Waals surface area (Å²) in [5.41, 5.74) is 4.21. The molecule has 1 aliphatic heterocycles. The first-order chi connectivity index (χ1) is 18.3. The Bertz CT molecular complexity index is 1370. The molecule has 3 aromatic rings. The smallest absolute Gasteiger partial charge is 0.335 e. The molecule has 5 aliphatic rings. The minimum atomic E-state index is -0.898.